The molecule has 0 radical (unpaired) electrons. The van der Waals surface area contributed by atoms with Gasteiger partial charge in [0, 0.05) is 18.4 Å². The van der Waals surface area contributed by atoms with E-state index in [0.29, 0.717) is 11.3 Å². The zero-order valence-corrected chi connectivity index (χ0v) is 12.0. The van der Waals surface area contributed by atoms with Gasteiger partial charge in [0.1, 0.15) is 12.4 Å². The smallest absolute Gasteiger partial charge is 0.269 e. The van der Waals surface area contributed by atoms with Gasteiger partial charge in [-0.2, -0.15) is 0 Å². The summed E-state index contributed by atoms with van der Waals surface area (Å²) < 4.78 is 28.1. The van der Waals surface area contributed by atoms with E-state index in [0.717, 1.165) is 6.26 Å². The van der Waals surface area contributed by atoms with Gasteiger partial charge in [0.25, 0.3) is 5.69 Å². The van der Waals surface area contributed by atoms with Crippen molar-refractivity contribution < 1.29 is 18.1 Å². The van der Waals surface area contributed by atoms with Gasteiger partial charge in [-0.15, -0.1) is 0 Å². The van der Waals surface area contributed by atoms with Crippen molar-refractivity contribution in [1.29, 1.82) is 0 Å². The highest BCUT2D eigenvalue weighted by Gasteiger charge is 2.08. The summed E-state index contributed by atoms with van der Waals surface area (Å²) in [6, 6.07) is 12.2. The maximum Gasteiger partial charge on any atom is 0.269 e. The molecule has 0 aliphatic rings. The van der Waals surface area contributed by atoms with E-state index in [1.807, 2.05) is 0 Å². The third-order valence-electron chi connectivity index (χ3n) is 2.78. The first-order valence-electron chi connectivity index (χ1n) is 6.02. The van der Waals surface area contributed by atoms with Crippen molar-refractivity contribution in [2.45, 2.75) is 11.5 Å². The van der Waals surface area contributed by atoms with Crippen LogP contribution in [0.1, 0.15) is 5.56 Å². The van der Waals surface area contributed by atoms with Gasteiger partial charge in [0.15, 0.2) is 9.84 Å². The van der Waals surface area contributed by atoms with Gasteiger partial charge >= 0.3 is 0 Å². The molecule has 0 aliphatic heterocycles. The lowest BCUT2D eigenvalue weighted by Gasteiger charge is -2.07. The van der Waals surface area contributed by atoms with Gasteiger partial charge in [-0.3, -0.25) is 10.1 Å². The third kappa shape index (κ3) is 4.03. The van der Waals surface area contributed by atoms with Gasteiger partial charge in [-0.1, -0.05) is 12.1 Å². The summed E-state index contributed by atoms with van der Waals surface area (Å²) in [5.41, 5.74) is 0.667. The van der Waals surface area contributed by atoms with E-state index >= 15 is 0 Å². The number of rotatable bonds is 5. The molecule has 7 heteroatoms. The highest BCUT2D eigenvalue weighted by Crippen LogP contribution is 2.18. The Morgan fingerprint density at radius 3 is 2.38 bits per heavy atom. The van der Waals surface area contributed by atoms with Crippen molar-refractivity contribution in [1.82, 2.24) is 0 Å². The largest absolute Gasteiger partial charge is 0.489 e. The number of ether oxygens (including phenoxy) is 1. The fourth-order valence-electron chi connectivity index (χ4n) is 1.71. The Balaban J connectivity index is 2.06. The van der Waals surface area contributed by atoms with Gasteiger partial charge in [-0.25, -0.2) is 8.42 Å². The molecule has 0 atom stereocenters. The SMILES string of the molecule is CS(=O)(=O)c1ccc(OCc2cccc([N+](=O)[O-])c2)cc1. The lowest BCUT2D eigenvalue weighted by molar-refractivity contribution is -0.384. The average Bonchev–Trinajstić information content (AvgIpc) is 2.45. The molecule has 0 heterocycles. The van der Waals surface area contributed by atoms with E-state index in [9.17, 15) is 18.5 Å². The number of benzene rings is 2. The van der Waals surface area contributed by atoms with Crippen LogP contribution in [0, 0.1) is 10.1 Å². The van der Waals surface area contributed by atoms with E-state index in [2.05, 4.69) is 0 Å². The molecule has 0 saturated carbocycles. The van der Waals surface area contributed by atoms with Crippen LogP contribution in [0.2, 0.25) is 0 Å². The number of hydrogen-bond donors (Lipinski definition) is 0. The molecule has 0 bridgehead atoms. The number of nitrogens with zero attached hydrogens (tertiary/aromatic N) is 1. The van der Waals surface area contributed by atoms with E-state index in [1.165, 1.54) is 24.3 Å². The second kappa shape index (κ2) is 5.92. The monoisotopic (exact) mass is 307 g/mol. The molecular formula is C14H13NO5S. The Morgan fingerprint density at radius 1 is 1.14 bits per heavy atom. The number of non-ortho nitro benzene ring substituents is 1. The molecule has 6 nitrogen and oxygen atoms in total. The summed E-state index contributed by atoms with van der Waals surface area (Å²) in [6.07, 6.45) is 1.13. The third-order valence-corrected chi connectivity index (χ3v) is 3.91. The fraction of sp³-hybridized carbons (Fsp3) is 0.143. The summed E-state index contributed by atoms with van der Waals surface area (Å²) >= 11 is 0. The summed E-state index contributed by atoms with van der Waals surface area (Å²) in [6.45, 7) is 0.167. The fourth-order valence-corrected chi connectivity index (χ4v) is 2.34. The van der Waals surface area contributed by atoms with Crippen LogP contribution in [-0.2, 0) is 16.4 Å². The maximum atomic E-state index is 11.3. The van der Waals surface area contributed by atoms with Crippen LogP contribution in [0.25, 0.3) is 0 Å². The lowest BCUT2D eigenvalue weighted by Crippen LogP contribution is -1.99. The quantitative estimate of drug-likeness (QED) is 0.626. The van der Waals surface area contributed by atoms with Gasteiger partial charge in [-0.05, 0) is 29.8 Å². The van der Waals surface area contributed by atoms with Gasteiger partial charge < -0.3 is 4.74 Å². The lowest BCUT2D eigenvalue weighted by atomic mass is 10.2. The molecular weight excluding hydrogens is 294 g/mol. The number of sulfone groups is 1. The van der Waals surface area contributed by atoms with Crippen LogP contribution in [-0.4, -0.2) is 19.6 Å². The van der Waals surface area contributed by atoms with Crippen molar-refractivity contribution in [3.8, 4) is 5.75 Å². The summed E-state index contributed by atoms with van der Waals surface area (Å²) in [5, 5.41) is 10.7. The average molecular weight is 307 g/mol. The molecule has 0 fully saturated rings. The van der Waals surface area contributed by atoms with Gasteiger partial charge in [0.2, 0.25) is 0 Å². The Labute approximate surface area is 122 Å². The highest BCUT2D eigenvalue weighted by molar-refractivity contribution is 7.90. The second-order valence-electron chi connectivity index (χ2n) is 4.46. The normalized spacial score (nSPS) is 11.1. The molecule has 2 aromatic rings. The number of nitro groups is 1. The molecule has 0 saturated heterocycles. The van der Waals surface area contributed by atoms with Crippen molar-refractivity contribution in [3.05, 3.63) is 64.2 Å². The molecule has 0 spiro atoms. The number of nitro benzene ring substituents is 1. The minimum Gasteiger partial charge on any atom is -0.489 e. The first kappa shape index (κ1) is 15.0. The summed E-state index contributed by atoms with van der Waals surface area (Å²) in [5.74, 6) is 0.494. The van der Waals surface area contributed by atoms with E-state index in [-0.39, 0.29) is 17.2 Å². The molecule has 0 amide bonds. The molecule has 0 unspecified atom stereocenters. The van der Waals surface area contributed by atoms with Crippen molar-refractivity contribution in [3.63, 3.8) is 0 Å². The Hall–Kier alpha value is -2.41. The predicted molar refractivity (Wildman–Crippen MR) is 77.0 cm³/mol. The van der Waals surface area contributed by atoms with Crippen molar-refractivity contribution in [2.75, 3.05) is 6.26 Å². The maximum absolute atomic E-state index is 11.3. The molecule has 2 aromatic carbocycles. The zero-order valence-electron chi connectivity index (χ0n) is 11.2. The summed E-state index contributed by atoms with van der Waals surface area (Å²) in [7, 11) is -3.23. The van der Waals surface area contributed by atoms with Gasteiger partial charge in [0.05, 0.1) is 9.82 Å². The topological polar surface area (TPSA) is 86.5 Å². The van der Waals surface area contributed by atoms with Crippen LogP contribution in [0.5, 0.6) is 5.75 Å². The summed E-state index contributed by atoms with van der Waals surface area (Å²) in [4.78, 5) is 10.4. The van der Waals surface area contributed by atoms with Crippen LogP contribution in [0.15, 0.2) is 53.4 Å². The first-order chi connectivity index (χ1) is 9.86. The second-order valence-corrected chi connectivity index (χ2v) is 6.47. The highest BCUT2D eigenvalue weighted by atomic mass is 32.2. The van der Waals surface area contributed by atoms with E-state index in [1.54, 1.807) is 24.3 Å². The predicted octanol–water partition coefficient (Wildman–Crippen LogP) is 2.58. The Morgan fingerprint density at radius 2 is 1.81 bits per heavy atom. The molecule has 2 rings (SSSR count). The van der Waals surface area contributed by atoms with Crippen LogP contribution in [0.4, 0.5) is 5.69 Å². The minimum atomic E-state index is -3.23. The first-order valence-corrected chi connectivity index (χ1v) is 7.91. The van der Waals surface area contributed by atoms with Crippen LogP contribution >= 0.6 is 0 Å². The molecule has 21 heavy (non-hydrogen) atoms. The van der Waals surface area contributed by atoms with Crippen LogP contribution in [0.3, 0.4) is 0 Å². The standard InChI is InChI=1S/C14H13NO5S/c1-21(18,19)14-7-5-13(6-8-14)20-10-11-3-2-4-12(9-11)15(16)17/h2-9H,10H2,1H3. The minimum absolute atomic E-state index is 0.00326. The molecule has 110 valence electrons. The zero-order chi connectivity index (χ0) is 15.5. The van der Waals surface area contributed by atoms with Crippen LogP contribution < -0.4 is 4.74 Å². The van der Waals surface area contributed by atoms with Crippen molar-refractivity contribution in [2.24, 2.45) is 0 Å². The molecule has 0 N–H and O–H groups in total. The van der Waals surface area contributed by atoms with Crippen molar-refractivity contribution >= 4 is 15.5 Å². The Bertz CT molecular complexity index is 753. The van der Waals surface area contributed by atoms with E-state index in [4.69, 9.17) is 4.74 Å². The van der Waals surface area contributed by atoms with E-state index < -0.39 is 14.8 Å². The Kier molecular flexibility index (Phi) is 4.23. The molecule has 0 aliphatic carbocycles. The number of hydrogen-bond acceptors (Lipinski definition) is 5. The molecule has 0 aromatic heterocycles.